The molecule has 0 radical (unpaired) electrons. The molecule has 1 fully saturated rings. The van der Waals surface area contributed by atoms with Crippen LogP contribution in [0.1, 0.15) is 18.4 Å². The Hall–Kier alpha value is -1.93. The van der Waals surface area contributed by atoms with E-state index in [9.17, 15) is 18.0 Å². The molecular weight excluding hydrogens is 282 g/mol. The van der Waals surface area contributed by atoms with E-state index in [4.69, 9.17) is 5.14 Å². The molecule has 1 aromatic rings. The minimum Gasteiger partial charge on any atom is -0.344 e. The van der Waals surface area contributed by atoms with Gasteiger partial charge in [0.2, 0.25) is 21.8 Å². The molecule has 7 nitrogen and oxygen atoms in total. The zero-order valence-corrected chi connectivity index (χ0v) is 11.7. The van der Waals surface area contributed by atoms with Gasteiger partial charge in [0, 0.05) is 12.1 Å². The second-order valence-corrected chi connectivity index (χ2v) is 6.20. The molecule has 2 rings (SSSR count). The normalized spacial score (nSPS) is 18.7. The fourth-order valence-electron chi connectivity index (χ4n) is 2.02. The molecule has 1 heterocycles. The van der Waals surface area contributed by atoms with Crippen LogP contribution in [0.4, 0.5) is 5.69 Å². The molecule has 108 valence electrons. The van der Waals surface area contributed by atoms with Crippen molar-refractivity contribution in [1.29, 1.82) is 0 Å². The second kappa shape index (κ2) is 5.22. The maximum atomic E-state index is 11.9. The van der Waals surface area contributed by atoms with Crippen LogP contribution in [0.15, 0.2) is 23.1 Å². The number of rotatable bonds is 3. The summed E-state index contributed by atoms with van der Waals surface area (Å²) >= 11 is 0. The van der Waals surface area contributed by atoms with Gasteiger partial charge in [-0.25, -0.2) is 13.6 Å². The standard InChI is InChI=1S/C12H15N3O4S/c1-7-2-3-8(6-10(7)20(13,18)19)14-12(17)9-4-5-11(16)15-9/h2-3,6,9H,4-5H2,1H3,(H,14,17)(H,15,16)(H2,13,18,19). The molecule has 0 bridgehead atoms. The third kappa shape index (κ3) is 3.14. The number of amides is 2. The molecule has 4 N–H and O–H groups in total. The van der Waals surface area contributed by atoms with Crippen LogP contribution in [0.25, 0.3) is 0 Å². The Kier molecular flexibility index (Phi) is 3.78. The van der Waals surface area contributed by atoms with Gasteiger partial charge in [-0.15, -0.1) is 0 Å². The molecule has 0 aliphatic carbocycles. The Morgan fingerprint density at radius 1 is 1.45 bits per heavy atom. The maximum absolute atomic E-state index is 11.9. The third-order valence-electron chi connectivity index (χ3n) is 3.07. The number of nitrogens with two attached hydrogens (primary N) is 1. The Balaban J connectivity index is 2.18. The Morgan fingerprint density at radius 2 is 2.15 bits per heavy atom. The van der Waals surface area contributed by atoms with Gasteiger partial charge in [0.25, 0.3) is 0 Å². The van der Waals surface area contributed by atoms with Crippen molar-refractivity contribution in [2.24, 2.45) is 5.14 Å². The summed E-state index contributed by atoms with van der Waals surface area (Å²) in [7, 11) is -3.84. The Morgan fingerprint density at radius 3 is 2.70 bits per heavy atom. The summed E-state index contributed by atoms with van der Waals surface area (Å²) in [4.78, 5) is 22.9. The summed E-state index contributed by atoms with van der Waals surface area (Å²) in [5.74, 6) is -0.542. The van der Waals surface area contributed by atoms with Crippen LogP contribution < -0.4 is 15.8 Å². The van der Waals surface area contributed by atoms with Crippen molar-refractivity contribution in [1.82, 2.24) is 5.32 Å². The number of primary sulfonamides is 1. The van der Waals surface area contributed by atoms with E-state index in [1.54, 1.807) is 19.1 Å². The Bertz CT molecular complexity index is 669. The number of benzene rings is 1. The SMILES string of the molecule is Cc1ccc(NC(=O)C2CCC(=O)N2)cc1S(N)(=O)=O. The van der Waals surface area contributed by atoms with E-state index >= 15 is 0 Å². The lowest BCUT2D eigenvalue weighted by Gasteiger charge is -2.12. The molecular formula is C12H15N3O4S. The van der Waals surface area contributed by atoms with E-state index in [0.29, 0.717) is 24.1 Å². The molecule has 0 aromatic heterocycles. The number of anilines is 1. The van der Waals surface area contributed by atoms with Gasteiger partial charge < -0.3 is 10.6 Å². The van der Waals surface area contributed by atoms with Crippen molar-refractivity contribution < 1.29 is 18.0 Å². The predicted octanol–water partition coefficient (Wildman–Crippen LogP) is -0.140. The third-order valence-corrected chi connectivity index (χ3v) is 4.13. The number of carbonyl (C=O) groups excluding carboxylic acids is 2. The molecule has 8 heteroatoms. The minimum atomic E-state index is -3.84. The number of aryl methyl sites for hydroxylation is 1. The van der Waals surface area contributed by atoms with E-state index in [1.807, 2.05) is 0 Å². The fourth-order valence-corrected chi connectivity index (χ4v) is 2.83. The van der Waals surface area contributed by atoms with Gasteiger partial charge in [-0.1, -0.05) is 6.07 Å². The average molecular weight is 297 g/mol. The molecule has 1 aliphatic heterocycles. The van der Waals surface area contributed by atoms with Gasteiger partial charge in [0.1, 0.15) is 6.04 Å². The zero-order valence-electron chi connectivity index (χ0n) is 10.8. The van der Waals surface area contributed by atoms with Gasteiger partial charge in [0.15, 0.2) is 0 Å². The van der Waals surface area contributed by atoms with E-state index in [0.717, 1.165) is 0 Å². The first-order valence-electron chi connectivity index (χ1n) is 6.01. The number of hydrogen-bond donors (Lipinski definition) is 3. The number of nitrogens with one attached hydrogen (secondary N) is 2. The highest BCUT2D eigenvalue weighted by atomic mass is 32.2. The van der Waals surface area contributed by atoms with E-state index in [1.165, 1.54) is 6.07 Å². The monoisotopic (exact) mass is 297 g/mol. The fraction of sp³-hybridized carbons (Fsp3) is 0.333. The van der Waals surface area contributed by atoms with Gasteiger partial charge in [-0.05, 0) is 31.0 Å². The van der Waals surface area contributed by atoms with Crippen molar-refractivity contribution in [3.8, 4) is 0 Å². The zero-order chi connectivity index (χ0) is 14.9. The second-order valence-electron chi connectivity index (χ2n) is 4.67. The van der Waals surface area contributed by atoms with Gasteiger partial charge in [-0.3, -0.25) is 9.59 Å². The van der Waals surface area contributed by atoms with Gasteiger partial charge in [0.05, 0.1) is 4.90 Å². The van der Waals surface area contributed by atoms with Crippen LogP contribution in [0.2, 0.25) is 0 Å². The summed E-state index contributed by atoms with van der Waals surface area (Å²) in [6.45, 7) is 1.61. The Labute approximate surface area is 116 Å². The molecule has 1 aliphatic rings. The first-order valence-corrected chi connectivity index (χ1v) is 7.55. The molecule has 1 atom stereocenters. The summed E-state index contributed by atoms with van der Waals surface area (Å²) in [5.41, 5.74) is 0.824. The van der Waals surface area contributed by atoms with Crippen LogP contribution in [-0.2, 0) is 19.6 Å². The highest BCUT2D eigenvalue weighted by Crippen LogP contribution is 2.19. The quantitative estimate of drug-likeness (QED) is 0.719. The summed E-state index contributed by atoms with van der Waals surface area (Å²) < 4.78 is 22.8. The van der Waals surface area contributed by atoms with E-state index in [-0.39, 0.29) is 16.7 Å². The van der Waals surface area contributed by atoms with Crippen LogP contribution in [0.5, 0.6) is 0 Å². The summed E-state index contributed by atoms with van der Waals surface area (Å²) in [5, 5.41) is 10.2. The van der Waals surface area contributed by atoms with Crippen molar-refractivity contribution in [3.05, 3.63) is 23.8 Å². The first kappa shape index (κ1) is 14.5. The van der Waals surface area contributed by atoms with Crippen molar-refractivity contribution in [3.63, 3.8) is 0 Å². The molecule has 0 spiro atoms. The van der Waals surface area contributed by atoms with E-state index < -0.39 is 16.1 Å². The topological polar surface area (TPSA) is 118 Å². The number of sulfonamides is 1. The molecule has 20 heavy (non-hydrogen) atoms. The molecule has 1 aromatic carbocycles. The van der Waals surface area contributed by atoms with Crippen molar-refractivity contribution >= 4 is 27.5 Å². The molecule has 1 unspecified atom stereocenters. The van der Waals surface area contributed by atoms with E-state index in [2.05, 4.69) is 10.6 Å². The lowest BCUT2D eigenvalue weighted by molar-refractivity contribution is -0.122. The smallest absolute Gasteiger partial charge is 0.246 e. The minimum absolute atomic E-state index is 0.0363. The highest BCUT2D eigenvalue weighted by molar-refractivity contribution is 7.89. The van der Waals surface area contributed by atoms with Crippen LogP contribution in [0.3, 0.4) is 0 Å². The largest absolute Gasteiger partial charge is 0.344 e. The van der Waals surface area contributed by atoms with Crippen molar-refractivity contribution in [2.45, 2.75) is 30.7 Å². The van der Waals surface area contributed by atoms with Gasteiger partial charge in [-0.2, -0.15) is 0 Å². The summed E-state index contributed by atoms with van der Waals surface area (Å²) in [6.07, 6.45) is 0.743. The maximum Gasteiger partial charge on any atom is 0.246 e. The molecule has 1 saturated heterocycles. The average Bonchev–Trinajstić information content (AvgIpc) is 2.77. The van der Waals surface area contributed by atoms with Crippen molar-refractivity contribution in [2.75, 3.05) is 5.32 Å². The van der Waals surface area contributed by atoms with Crippen LogP contribution in [0, 0.1) is 6.92 Å². The first-order chi connectivity index (χ1) is 9.27. The lowest BCUT2D eigenvalue weighted by atomic mass is 10.2. The summed E-state index contributed by atoms with van der Waals surface area (Å²) in [6, 6.07) is 3.86. The molecule has 0 saturated carbocycles. The van der Waals surface area contributed by atoms with Crippen LogP contribution >= 0.6 is 0 Å². The van der Waals surface area contributed by atoms with Crippen LogP contribution in [-0.4, -0.2) is 26.3 Å². The number of hydrogen-bond acceptors (Lipinski definition) is 4. The highest BCUT2D eigenvalue weighted by Gasteiger charge is 2.27. The lowest BCUT2D eigenvalue weighted by Crippen LogP contribution is -2.37. The molecule has 2 amide bonds. The van der Waals surface area contributed by atoms with Gasteiger partial charge >= 0.3 is 0 Å². The predicted molar refractivity (Wildman–Crippen MR) is 72.3 cm³/mol. The number of carbonyl (C=O) groups is 2.